The number of hydrogen-bond acceptors (Lipinski definition) is 3. The zero-order chi connectivity index (χ0) is 14.5. The Morgan fingerprint density at radius 1 is 1.30 bits per heavy atom. The number of amides is 1. The Labute approximate surface area is 123 Å². The molecule has 1 amide bonds. The smallest absolute Gasteiger partial charge is 0.220 e. The number of carbonyl (C=O) groups excluding carboxylic acids is 1. The van der Waals surface area contributed by atoms with Gasteiger partial charge in [-0.05, 0) is 44.4 Å². The minimum Gasteiger partial charge on any atom is -0.380 e. The van der Waals surface area contributed by atoms with E-state index in [2.05, 4.69) is 24.5 Å². The predicted octanol–water partition coefficient (Wildman–Crippen LogP) is 2.08. The predicted molar refractivity (Wildman–Crippen MR) is 80.5 cm³/mol. The fourth-order valence-corrected chi connectivity index (χ4v) is 3.52. The van der Waals surface area contributed by atoms with Crippen LogP contribution >= 0.6 is 0 Å². The number of carbonyl (C=O) groups is 1. The fraction of sp³-hybridized carbons (Fsp3) is 0.938. The molecule has 2 aliphatic heterocycles. The summed E-state index contributed by atoms with van der Waals surface area (Å²) in [6.45, 7) is 7.58. The topological polar surface area (TPSA) is 50.4 Å². The van der Waals surface area contributed by atoms with Gasteiger partial charge in [0.1, 0.15) is 0 Å². The molecule has 20 heavy (non-hydrogen) atoms. The zero-order valence-corrected chi connectivity index (χ0v) is 13.2. The van der Waals surface area contributed by atoms with Crippen molar-refractivity contribution >= 4 is 5.91 Å². The van der Waals surface area contributed by atoms with Crippen LogP contribution in [-0.4, -0.2) is 37.2 Å². The molecule has 0 aliphatic carbocycles. The molecule has 0 aromatic rings. The maximum Gasteiger partial charge on any atom is 0.220 e. The van der Waals surface area contributed by atoms with Crippen molar-refractivity contribution < 1.29 is 9.53 Å². The second-order valence-corrected chi connectivity index (χ2v) is 6.76. The van der Waals surface area contributed by atoms with E-state index in [9.17, 15) is 4.79 Å². The molecule has 0 spiro atoms. The first-order chi connectivity index (χ1) is 9.58. The van der Waals surface area contributed by atoms with E-state index in [0.29, 0.717) is 43.6 Å². The SMILES string of the molecule is CCOCC(NC(=O)CC1CC2CCC(C1)N2)C(C)C. The summed E-state index contributed by atoms with van der Waals surface area (Å²) in [7, 11) is 0. The lowest BCUT2D eigenvalue weighted by molar-refractivity contribution is -0.123. The zero-order valence-electron chi connectivity index (χ0n) is 13.2. The fourth-order valence-electron chi connectivity index (χ4n) is 3.52. The van der Waals surface area contributed by atoms with Gasteiger partial charge in [-0.3, -0.25) is 4.79 Å². The van der Waals surface area contributed by atoms with Crippen molar-refractivity contribution in [1.82, 2.24) is 10.6 Å². The van der Waals surface area contributed by atoms with Crippen LogP contribution in [0.2, 0.25) is 0 Å². The van der Waals surface area contributed by atoms with Crippen molar-refractivity contribution in [3.05, 3.63) is 0 Å². The highest BCUT2D eigenvalue weighted by atomic mass is 16.5. The van der Waals surface area contributed by atoms with Gasteiger partial charge in [0.25, 0.3) is 0 Å². The van der Waals surface area contributed by atoms with Crippen LogP contribution in [0.25, 0.3) is 0 Å². The summed E-state index contributed by atoms with van der Waals surface area (Å²) in [5.41, 5.74) is 0. The number of hydrogen-bond donors (Lipinski definition) is 2. The lowest BCUT2D eigenvalue weighted by Gasteiger charge is -2.29. The molecule has 2 aliphatic rings. The Kier molecular flexibility index (Phi) is 5.85. The van der Waals surface area contributed by atoms with Crippen molar-refractivity contribution in [3.8, 4) is 0 Å². The normalized spacial score (nSPS) is 30.5. The Morgan fingerprint density at radius 2 is 1.95 bits per heavy atom. The summed E-state index contributed by atoms with van der Waals surface area (Å²) < 4.78 is 5.47. The van der Waals surface area contributed by atoms with Gasteiger partial charge >= 0.3 is 0 Å². The molecule has 0 aromatic heterocycles. The maximum absolute atomic E-state index is 12.2. The molecule has 4 nitrogen and oxygen atoms in total. The Balaban J connectivity index is 1.76. The number of ether oxygens (including phenoxy) is 1. The van der Waals surface area contributed by atoms with E-state index in [4.69, 9.17) is 4.74 Å². The first-order valence-electron chi connectivity index (χ1n) is 8.21. The molecule has 2 fully saturated rings. The molecule has 116 valence electrons. The molecule has 0 aromatic carbocycles. The maximum atomic E-state index is 12.2. The molecule has 2 bridgehead atoms. The van der Waals surface area contributed by atoms with Crippen LogP contribution in [0.15, 0.2) is 0 Å². The highest BCUT2D eigenvalue weighted by Crippen LogP contribution is 2.32. The van der Waals surface area contributed by atoms with Gasteiger partial charge in [-0.2, -0.15) is 0 Å². The summed E-state index contributed by atoms with van der Waals surface area (Å²) in [6.07, 6.45) is 5.61. The Bertz CT molecular complexity index is 308. The second-order valence-electron chi connectivity index (χ2n) is 6.76. The summed E-state index contributed by atoms with van der Waals surface area (Å²) in [4.78, 5) is 12.2. The Morgan fingerprint density at radius 3 is 2.50 bits per heavy atom. The molecule has 0 radical (unpaired) electrons. The van der Waals surface area contributed by atoms with Crippen LogP contribution in [0.3, 0.4) is 0 Å². The summed E-state index contributed by atoms with van der Waals surface area (Å²) >= 11 is 0. The van der Waals surface area contributed by atoms with Gasteiger partial charge in [-0.1, -0.05) is 13.8 Å². The third kappa shape index (κ3) is 4.45. The first-order valence-corrected chi connectivity index (χ1v) is 8.21. The third-order valence-corrected chi connectivity index (χ3v) is 4.70. The van der Waals surface area contributed by atoms with Gasteiger partial charge in [0.05, 0.1) is 12.6 Å². The van der Waals surface area contributed by atoms with Gasteiger partial charge < -0.3 is 15.4 Å². The summed E-state index contributed by atoms with van der Waals surface area (Å²) in [5, 5.41) is 6.79. The van der Waals surface area contributed by atoms with Gasteiger partial charge in [-0.15, -0.1) is 0 Å². The molecule has 3 atom stereocenters. The molecule has 2 rings (SSSR count). The second kappa shape index (κ2) is 7.41. The van der Waals surface area contributed by atoms with E-state index in [0.717, 1.165) is 0 Å². The number of nitrogens with one attached hydrogen (secondary N) is 2. The van der Waals surface area contributed by atoms with E-state index < -0.39 is 0 Å². The van der Waals surface area contributed by atoms with Crippen LogP contribution in [0, 0.1) is 11.8 Å². The molecule has 3 unspecified atom stereocenters. The van der Waals surface area contributed by atoms with Crippen LogP contribution in [0.4, 0.5) is 0 Å². The van der Waals surface area contributed by atoms with Gasteiger partial charge in [0, 0.05) is 25.1 Å². The minimum absolute atomic E-state index is 0.140. The quantitative estimate of drug-likeness (QED) is 0.752. The Hall–Kier alpha value is -0.610. The first kappa shape index (κ1) is 15.8. The van der Waals surface area contributed by atoms with Crippen molar-refractivity contribution in [2.24, 2.45) is 11.8 Å². The highest BCUT2D eigenvalue weighted by Gasteiger charge is 2.34. The molecule has 2 heterocycles. The monoisotopic (exact) mass is 282 g/mol. The van der Waals surface area contributed by atoms with Gasteiger partial charge in [0.15, 0.2) is 0 Å². The molecule has 2 saturated heterocycles. The third-order valence-electron chi connectivity index (χ3n) is 4.70. The lowest BCUT2D eigenvalue weighted by atomic mass is 9.89. The molecule has 4 heteroatoms. The molecular formula is C16H30N2O2. The van der Waals surface area contributed by atoms with E-state index in [1.807, 2.05) is 6.92 Å². The number of fused-ring (bicyclic) bond motifs is 2. The van der Waals surface area contributed by atoms with E-state index >= 15 is 0 Å². The van der Waals surface area contributed by atoms with Gasteiger partial charge in [-0.25, -0.2) is 0 Å². The largest absolute Gasteiger partial charge is 0.380 e. The summed E-state index contributed by atoms with van der Waals surface area (Å²) in [6, 6.07) is 1.47. The molecule has 0 saturated carbocycles. The van der Waals surface area contributed by atoms with E-state index in [1.165, 1.54) is 25.7 Å². The van der Waals surface area contributed by atoms with Crippen molar-refractivity contribution in [3.63, 3.8) is 0 Å². The van der Waals surface area contributed by atoms with Crippen molar-refractivity contribution in [2.45, 2.75) is 71.0 Å². The number of piperidine rings is 1. The van der Waals surface area contributed by atoms with Crippen LogP contribution < -0.4 is 10.6 Å². The highest BCUT2D eigenvalue weighted by molar-refractivity contribution is 5.76. The lowest BCUT2D eigenvalue weighted by Crippen LogP contribution is -2.44. The van der Waals surface area contributed by atoms with Crippen LogP contribution in [0.1, 0.15) is 52.9 Å². The molecular weight excluding hydrogens is 252 g/mol. The van der Waals surface area contributed by atoms with Crippen LogP contribution in [0.5, 0.6) is 0 Å². The van der Waals surface area contributed by atoms with Crippen LogP contribution in [-0.2, 0) is 9.53 Å². The van der Waals surface area contributed by atoms with E-state index in [-0.39, 0.29) is 11.9 Å². The van der Waals surface area contributed by atoms with Crippen molar-refractivity contribution in [2.75, 3.05) is 13.2 Å². The van der Waals surface area contributed by atoms with Crippen molar-refractivity contribution in [1.29, 1.82) is 0 Å². The summed E-state index contributed by atoms with van der Waals surface area (Å²) in [5.74, 6) is 1.18. The number of rotatable bonds is 7. The standard InChI is InChI=1S/C16H30N2O2/c1-4-20-10-15(11(2)3)18-16(19)9-12-7-13-5-6-14(8-12)17-13/h11-15,17H,4-10H2,1-3H3,(H,18,19). The van der Waals surface area contributed by atoms with E-state index in [1.54, 1.807) is 0 Å². The average Bonchev–Trinajstić information content (AvgIpc) is 2.73. The minimum atomic E-state index is 0.140. The average molecular weight is 282 g/mol. The molecule has 2 N–H and O–H groups in total. The van der Waals surface area contributed by atoms with Gasteiger partial charge in [0.2, 0.25) is 5.91 Å².